The van der Waals surface area contributed by atoms with E-state index in [1.165, 1.54) is 0 Å². The van der Waals surface area contributed by atoms with E-state index in [1.807, 2.05) is 54.6 Å². The number of rotatable bonds is 6. The van der Waals surface area contributed by atoms with Gasteiger partial charge in [0.25, 0.3) is 0 Å². The van der Waals surface area contributed by atoms with E-state index in [2.05, 4.69) is 15.4 Å². The molecule has 0 spiro atoms. The van der Waals surface area contributed by atoms with Crippen molar-refractivity contribution in [2.24, 2.45) is 0 Å². The Balaban J connectivity index is 1.37. The van der Waals surface area contributed by atoms with E-state index in [4.69, 9.17) is 14.0 Å². The van der Waals surface area contributed by atoms with Crippen LogP contribution in [0.5, 0.6) is 17.2 Å². The molecule has 6 heteroatoms. The first-order valence-electron chi connectivity index (χ1n) is 7.77. The lowest BCUT2D eigenvalue weighted by Crippen LogP contribution is -1.93. The van der Waals surface area contributed by atoms with Gasteiger partial charge in [-0.1, -0.05) is 5.16 Å². The number of aromatic amines is 1. The zero-order valence-corrected chi connectivity index (χ0v) is 13.3. The summed E-state index contributed by atoms with van der Waals surface area (Å²) < 4.78 is 16.4. The Labute approximate surface area is 144 Å². The average molecular weight is 333 g/mol. The fourth-order valence-electron chi connectivity index (χ4n) is 2.33. The number of hydrogen-bond acceptors (Lipinski definition) is 5. The van der Waals surface area contributed by atoms with Gasteiger partial charge in [0.05, 0.1) is 11.9 Å². The molecule has 0 aliphatic rings. The highest BCUT2D eigenvalue weighted by atomic mass is 16.5. The van der Waals surface area contributed by atoms with Gasteiger partial charge in [-0.3, -0.25) is 5.10 Å². The predicted molar refractivity (Wildman–Crippen MR) is 91.4 cm³/mol. The van der Waals surface area contributed by atoms with Gasteiger partial charge in [0.15, 0.2) is 5.76 Å². The maximum Gasteiger partial charge on any atom is 0.174 e. The molecule has 0 fully saturated rings. The van der Waals surface area contributed by atoms with Crippen LogP contribution in [0.25, 0.3) is 11.3 Å². The molecule has 4 rings (SSSR count). The van der Waals surface area contributed by atoms with Crippen LogP contribution in [0, 0.1) is 0 Å². The second kappa shape index (κ2) is 6.92. The largest absolute Gasteiger partial charge is 0.486 e. The van der Waals surface area contributed by atoms with Crippen LogP contribution in [0.3, 0.4) is 0 Å². The Bertz CT molecular complexity index is 900. The number of nitrogens with one attached hydrogen (secondary N) is 1. The summed E-state index contributed by atoms with van der Waals surface area (Å²) in [4.78, 5) is 0. The molecule has 6 nitrogen and oxygen atoms in total. The fraction of sp³-hybridized carbons (Fsp3) is 0.0526. The van der Waals surface area contributed by atoms with Gasteiger partial charge in [0, 0.05) is 12.3 Å². The Morgan fingerprint density at radius 2 is 1.52 bits per heavy atom. The lowest BCUT2D eigenvalue weighted by Gasteiger charge is -2.08. The number of hydrogen-bond donors (Lipinski definition) is 1. The molecule has 1 N–H and O–H groups in total. The van der Waals surface area contributed by atoms with E-state index in [-0.39, 0.29) is 0 Å². The third-order valence-corrected chi connectivity index (χ3v) is 3.60. The molecule has 0 atom stereocenters. The molecule has 0 amide bonds. The number of H-pyrrole nitrogens is 1. The van der Waals surface area contributed by atoms with Crippen molar-refractivity contribution < 1.29 is 14.0 Å². The third kappa shape index (κ3) is 3.69. The van der Waals surface area contributed by atoms with Crippen LogP contribution in [-0.2, 0) is 6.61 Å². The van der Waals surface area contributed by atoms with Crippen molar-refractivity contribution in [2.75, 3.05) is 0 Å². The third-order valence-electron chi connectivity index (χ3n) is 3.60. The molecular formula is C19H15N3O3. The zero-order valence-electron chi connectivity index (χ0n) is 13.3. The Kier molecular flexibility index (Phi) is 4.16. The molecule has 2 aromatic heterocycles. The maximum atomic E-state index is 5.85. The topological polar surface area (TPSA) is 73.2 Å². The van der Waals surface area contributed by atoms with Crippen LogP contribution in [0.15, 0.2) is 77.6 Å². The van der Waals surface area contributed by atoms with Crippen molar-refractivity contribution in [3.63, 3.8) is 0 Å². The quantitative estimate of drug-likeness (QED) is 0.565. The summed E-state index contributed by atoms with van der Waals surface area (Å²) in [6.07, 6.45) is 3.32. The van der Waals surface area contributed by atoms with E-state index in [9.17, 15) is 0 Å². The first-order valence-corrected chi connectivity index (χ1v) is 7.77. The molecule has 0 bridgehead atoms. The van der Waals surface area contributed by atoms with Crippen molar-refractivity contribution >= 4 is 0 Å². The van der Waals surface area contributed by atoms with E-state index >= 15 is 0 Å². The van der Waals surface area contributed by atoms with Crippen molar-refractivity contribution in [1.29, 1.82) is 0 Å². The van der Waals surface area contributed by atoms with Crippen molar-refractivity contribution in [3.8, 4) is 28.5 Å². The first-order chi connectivity index (χ1) is 12.4. The number of benzene rings is 2. The van der Waals surface area contributed by atoms with Gasteiger partial charge >= 0.3 is 0 Å². The molecule has 0 unspecified atom stereocenters. The fourth-order valence-corrected chi connectivity index (χ4v) is 2.33. The SMILES string of the molecule is c1cc(-c2ccc(Oc3ccc(OCc4ccno4)cc3)cc2)[nH]n1. The van der Waals surface area contributed by atoms with Gasteiger partial charge in [-0.25, -0.2) is 0 Å². The molecule has 0 radical (unpaired) electrons. The molecule has 124 valence electrons. The highest BCUT2D eigenvalue weighted by Crippen LogP contribution is 2.26. The predicted octanol–water partition coefficient (Wildman–Crippen LogP) is 4.44. The van der Waals surface area contributed by atoms with Gasteiger partial charge < -0.3 is 14.0 Å². The summed E-state index contributed by atoms with van der Waals surface area (Å²) in [6, 6.07) is 18.9. The second-order valence-corrected chi connectivity index (χ2v) is 5.34. The first kappa shape index (κ1) is 15.0. The Morgan fingerprint density at radius 1 is 0.800 bits per heavy atom. The molecule has 4 aromatic rings. The van der Waals surface area contributed by atoms with E-state index in [1.54, 1.807) is 18.5 Å². The minimum absolute atomic E-state index is 0.343. The van der Waals surface area contributed by atoms with Gasteiger partial charge in [0.1, 0.15) is 23.9 Å². The molecule has 0 aliphatic carbocycles. The average Bonchev–Trinajstić information content (AvgIpc) is 3.36. The van der Waals surface area contributed by atoms with Crippen LogP contribution in [0.4, 0.5) is 0 Å². The van der Waals surface area contributed by atoms with Crippen molar-refractivity contribution in [3.05, 3.63) is 78.8 Å². The van der Waals surface area contributed by atoms with Gasteiger partial charge in [-0.15, -0.1) is 0 Å². The van der Waals surface area contributed by atoms with Crippen LogP contribution in [-0.4, -0.2) is 15.4 Å². The monoisotopic (exact) mass is 333 g/mol. The zero-order chi connectivity index (χ0) is 16.9. The molecule has 0 aliphatic heterocycles. The summed E-state index contributed by atoms with van der Waals surface area (Å²) >= 11 is 0. The van der Waals surface area contributed by atoms with Gasteiger partial charge in [-0.2, -0.15) is 5.10 Å². The van der Waals surface area contributed by atoms with Crippen LogP contribution in [0.1, 0.15) is 5.76 Å². The summed E-state index contributed by atoms with van der Waals surface area (Å²) in [5.41, 5.74) is 2.03. The van der Waals surface area contributed by atoms with E-state index in [0.717, 1.165) is 28.5 Å². The number of ether oxygens (including phenoxy) is 2. The summed E-state index contributed by atoms with van der Waals surface area (Å²) in [5, 5.41) is 10.5. The summed E-state index contributed by atoms with van der Waals surface area (Å²) in [7, 11) is 0. The summed E-state index contributed by atoms with van der Waals surface area (Å²) in [6.45, 7) is 0.343. The lowest BCUT2D eigenvalue weighted by atomic mass is 10.1. The Hall–Kier alpha value is -3.54. The smallest absolute Gasteiger partial charge is 0.174 e. The van der Waals surface area contributed by atoms with Gasteiger partial charge in [-0.05, 0) is 60.2 Å². The van der Waals surface area contributed by atoms with Gasteiger partial charge in [0.2, 0.25) is 0 Å². The van der Waals surface area contributed by atoms with Crippen LogP contribution in [0.2, 0.25) is 0 Å². The van der Waals surface area contributed by atoms with Crippen molar-refractivity contribution in [1.82, 2.24) is 15.4 Å². The number of aromatic nitrogens is 3. The van der Waals surface area contributed by atoms with Crippen LogP contribution >= 0.6 is 0 Å². The highest BCUT2D eigenvalue weighted by Gasteiger charge is 2.03. The second-order valence-electron chi connectivity index (χ2n) is 5.34. The Morgan fingerprint density at radius 3 is 2.16 bits per heavy atom. The molecule has 2 heterocycles. The van der Waals surface area contributed by atoms with Crippen molar-refractivity contribution in [2.45, 2.75) is 6.61 Å². The minimum atomic E-state index is 0.343. The maximum absolute atomic E-state index is 5.85. The number of nitrogens with zero attached hydrogens (tertiary/aromatic N) is 2. The minimum Gasteiger partial charge on any atom is -0.486 e. The summed E-state index contributed by atoms with van der Waals surface area (Å²) in [5.74, 6) is 2.91. The molecule has 2 aromatic carbocycles. The molecule has 0 saturated heterocycles. The van der Waals surface area contributed by atoms with E-state index < -0.39 is 0 Å². The molecule has 25 heavy (non-hydrogen) atoms. The van der Waals surface area contributed by atoms with Crippen LogP contribution < -0.4 is 9.47 Å². The normalized spacial score (nSPS) is 10.6. The van der Waals surface area contributed by atoms with E-state index in [0.29, 0.717) is 12.4 Å². The molecular weight excluding hydrogens is 318 g/mol. The highest BCUT2D eigenvalue weighted by molar-refractivity contribution is 5.59. The molecule has 0 saturated carbocycles. The lowest BCUT2D eigenvalue weighted by molar-refractivity contribution is 0.249. The standard InChI is InChI=1S/C19H15N3O3/c1-3-16(4-2-14(1)19-10-11-20-22-19)24-17-7-5-15(6-8-17)23-13-18-9-12-21-25-18/h1-12H,13H2,(H,20,22).